The van der Waals surface area contributed by atoms with Crippen molar-refractivity contribution in [2.24, 2.45) is 0 Å². The van der Waals surface area contributed by atoms with Crippen LogP contribution in [-0.4, -0.2) is 28.7 Å². The van der Waals surface area contributed by atoms with Gasteiger partial charge in [0.2, 0.25) is 5.89 Å². The van der Waals surface area contributed by atoms with Crippen LogP contribution >= 0.6 is 0 Å². The molecular weight excluding hydrogens is 378 g/mol. The largest absolute Gasteiger partial charge is 0.417 e. The summed E-state index contributed by atoms with van der Waals surface area (Å²) in [6.45, 7) is 2.17. The summed E-state index contributed by atoms with van der Waals surface area (Å²) in [6.07, 6.45) is 0.947. The van der Waals surface area contributed by atoms with Crippen LogP contribution < -0.4 is 10.6 Å². The third kappa shape index (κ3) is 4.26. The van der Waals surface area contributed by atoms with Crippen molar-refractivity contribution in [3.8, 4) is 0 Å². The number of nitrogens with zero attached hydrogens (tertiary/aromatic N) is 2. The molecule has 0 unspecified atom stereocenters. The molecule has 2 heterocycles. The number of rotatable bonds is 4. The molecule has 4 rings (SSSR count). The normalized spacial score (nSPS) is 18.4. The van der Waals surface area contributed by atoms with Gasteiger partial charge in [0.15, 0.2) is 0 Å². The van der Waals surface area contributed by atoms with E-state index in [0.29, 0.717) is 30.8 Å². The first-order valence-electron chi connectivity index (χ1n) is 9.39. The number of carbonyl (C=O) groups excluding carboxylic acids is 1. The van der Waals surface area contributed by atoms with Gasteiger partial charge in [-0.1, -0.05) is 37.3 Å². The monoisotopic (exact) mass is 398 g/mol. The van der Waals surface area contributed by atoms with Gasteiger partial charge in [-0.2, -0.15) is 0 Å². The van der Waals surface area contributed by atoms with E-state index >= 15 is 0 Å². The molecule has 1 aliphatic heterocycles. The molecule has 3 aromatic rings. The molecule has 1 amide bonds. The van der Waals surface area contributed by atoms with Gasteiger partial charge in [-0.05, 0) is 29.5 Å². The van der Waals surface area contributed by atoms with Crippen LogP contribution in [0.25, 0.3) is 0 Å². The van der Waals surface area contributed by atoms with Crippen LogP contribution in [0.15, 0.2) is 46.9 Å². The number of halogens is 2. The second-order valence-electron chi connectivity index (χ2n) is 7.20. The van der Waals surface area contributed by atoms with E-state index in [1.807, 2.05) is 37.3 Å². The van der Waals surface area contributed by atoms with Gasteiger partial charge in [0.25, 0.3) is 0 Å². The molecule has 0 aliphatic carbocycles. The van der Waals surface area contributed by atoms with Gasteiger partial charge < -0.3 is 15.1 Å². The Kier molecular flexibility index (Phi) is 5.24. The van der Waals surface area contributed by atoms with Gasteiger partial charge in [0, 0.05) is 18.7 Å². The van der Waals surface area contributed by atoms with E-state index in [-0.39, 0.29) is 23.5 Å². The molecule has 0 fully saturated rings. The third-order valence-corrected chi connectivity index (χ3v) is 4.97. The van der Waals surface area contributed by atoms with Gasteiger partial charge in [0.1, 0.15) is 11.6 Å². The highest BCUT2D eigenvalue weighted by Crippen LogP contribution is 2.33. The molecule has 0 saturated heterocycles. The Hall–Kier alpha value is -3.29. The van der Waals surface area contributed by atoms with Crippen molar-refractivity contribution in [2.45, 2.75) is 31.7 Å². The number of anilines is 1. The fourth-order valence-corrected chi connectivity index (χ4v) is 3.58. The van der Waals surface area contributed by atoms with Crippen molar-refractivity contribution in [1.82, 2.24) is 15.5 Å². The van der Waals surface area contributed by atoms with E-state index < -0.39 is 17.5 Å². The Labute approximate surface area is 166 Å². The highest BCUT2D eigenvalue weighted by molar-refractivity contribution is 5.89. The van der Waals surface area contributed by atoms with Crippen LogP contribution in [-0.2, 0) is 6.42 Å². The van der Waals surface area contributed by atoms with Crippen molar-refractivity contribution < 1.29 is 18.0 Å². The van der Waals surface area contributed by atoms with Crippen molar-refractivity contribution in [3.63, 3.8) is 0 Å². The summed E-state index contributed by atoms with van der Waals surface area (Å²) >= 11 is 0. The van der Waals surface area contributed by atoms with Crippen LogP contribution in [0.2, 0.25) is 0 Å². The Morgan fingerprint density at radius 2 is 2.03 bits per heavy atom. The van der Waals surface area contributed by atoms with Crippen molar-refractivity contribution in [1.29, 1.82) is 0 Å². The number of hydrogen-bond donors (Lipinski definition) is 2. The quantitative estimate of drug-likeness (QED) is 0.701. The van der Waals surface area contributed by atoms with E-state index in [1.165, 1.54) is 6.07 Å². The minimum absolute atomic E-state index is 0.123. The SMILES string of the molecule is C[C@H]1C[C@@H](NC(=O)c2nnc(Cc3ccccc3)o2)CNc2c(F)cc(F)cc21. The average molecular weight is 398 g/mol. The Morgan fingerprint density at radius 3 is 2.83 bits per heavy atom. The molecule has 29 heavy (non-hydrogen) atoms. The van der Waals surface area contributed by atoms with Crippen molar-refractivity contribution >= 4 is 11.6 Å². The molecule has 6 nitrogen and oxygen atoms in total. The smallest absolute Gasteiger partial charge is 0.309 e. The van der Waals surface area contributed by atoms with Crippen LogP contribution in [0.1, 0.15) is 47.0 Å². The number of carbonyl (C=O) groups is 1. The zero-order chi connectivity index (χ0) is 20.4. The van der Waals surface area contributed by atoms with Gasteiger partial charge in [-0.15, -0.1) is 10.2 Å². The van der Waals surface area contributed by atoms with E-state index in [0.717, 1.165) is 11.6 Å². The lowest BCUT2D eigenvalue weighted by Gasteiger charge is -2.17. The molecule has 2 aromatic carbocycles. The summed E-state index contributed by atoms with van der Waals surface area (Å²) in [5.74, 6) is -1.67. The minimum Gasteiger partial charge on any atom is -0.417 e. The predicted octanol–water partition coefficient (Wildman–Crippen LogP) is 3.66. The first kappa shape index (κ1) is 19.0. The maximum absolute atomic E-state index is 14.1. The van der Waals surface area contributed by atoms with Crippen LogP contribution in [0, 0.1) is 11.6 Å². The molecule has 150 valence electrons. The van der Waals surface area contributed by atoms with Crippen LogP contribution in [0.3, 0.4) is 0 Å². The Bertz CT molecular complexity index is 1020. The molecule has 0 radical (unpaired) electrons. The molecule has 1 aliphatic rings. The third-order valence-electron chi connectivity index (χ3n) is 4.97. The lowest BCUT2D eigenvalue weighted by molar-refractivity contribution is 0.0899. The van der Waals surface area contributed by atoms with E-state index in [4.69, 9.17) is 4.42 Å². The number of fused-ring (bicyclic) bond motifs is 1. The molecule has 0 spiro atoms. The maximum Gasteiger partial charge on any atom is 0.309 e. The summed E-state index contributed by atoms with van der Waals surface area (Å²) in [4.78, 5) is 12.5. The number of benzene rings is 2. The van der Waals surface area contributed by atoms with Crippen molar-refractivity contribution in [2.75, 3.05) is 11.9 Å². The average Bonchev–Trinajstić information content (AvgIpc) is 3.09. The van der Waals surface area contributed by atoms with Crippen molar-refractivity contribution in [3.05, 3.63) is 77.0 Å². The zero-order valence-electron chi connectivity index (χ0n) is 15.8. The highest BCUT2D eigenvalue weighted by atomic mass is 19.1. The van der Waals surface area contributed by atoms with Crippen LogP contribution in [0.4, 0.5) is 14.5 Å². The summed E-state index contributed by atoms with van der Waals surface area (Å²) in [5.41, 5.74) is 1.83. The summed E-state index contributed by atoms with van der Waals surface area (Å²) in [6, 6.07) is 11.5. The molecule has 2 atom stereocenters. The van der Waals surface area contributed by atoms with Gasteiger partial charge in [0.05, 0.1) is 12.1 Å². The minimum atomic E-state index is -0.638. The first-order chi connectivity index (χ1) is 14.0. The second kappa shape index (κ2) is 7.98. The summed E-state index contributed by atoms with van der Waals surface area (Å²) in [7, 11) is 0. The van der Waals surface area contributed by atoms with E-state index in [1.54, 1.807) is 0 Å². The Morgan fingerprint density at radius 1 is 1.24 bits per heavy atom. The standard InChI is InChI=1S/C21H20F2N4O2/c1-12-7-15(11-24-19-16(12)9-14(22)10-17(19)23)25-20(28)21-27-26-18(29-21)8-13-5-3-2-4-6-13/h2-6,9-10,12,15,24H,7-8,11H2,1H3,(H,25,28)/t12-,15+/m0/s1. The predicted molar refractivity (Wildman–Crippen MR) is 103 cm³/mol. The second-order valence-corrected chi connectivity index (χ2v) is 7.20. The fourth-order valence-electron chi connectivity index (χ4n) is 3.58. The number of aromatic nitrogens is 2. The fraction of sp³-hybridized carbons (Fsp3) is 0.286. The number of amides is 1. The molecular formula is C21H20F2N4O2. The number of nitrogens with one attached hydrogen (secondary N) is 2. The van der Waals surface area contributed by atoms with Gasteiger partial charge >= 0.3 is 11.8 Å². The first-order valence-corrected chi connectivity index (χ1v) is 9.39. The summed E-state index contributed by atoms with van der Waals surface area (Å²) in [5, 5.41) is 13.6. The van der Waals surface area contributed by atoms with Gasteiger partial charge in [-0.25, -0.2) is 8.78 Å². The van der Waals surface area contributed by atoms with Crippen LogP contribution in [0.5, 0.6) is 0 Å². The number of hydrogen-bond acceptors (Lipinski definition) is 5. The molecule has 1 aromatic heterocycles. The molecule has 2 N–H and O–H groups in total. The Balaban J connectivity index is 1.42. The molecule has 0 saturated carbocycles. The molecule has 0 bridgehead atoms. The topological polar surface area (TPSA) is 80.1 Å². The maximum atomic E-state index is 14.1. The zero-order valence-corrected chi connectivity index (χ0v) is 15.8. The lowest BCUT2D eigenvalue weighted by Crippen LogP contribution is -2.39. The summed E-state index contributed by atoms with van der Waals surface area (Å²) < 4.78 is 33.2. The molecule has 8 heteroatoms. The lowest BCUT2D eigenvalue weighted by atomic mass is 9.94. The highest BCUT2D eigenvalue weighted by Gasteiger charge is 2.27. The van der Waals surface area contributed by atoms with Gasteiger partial charge in [-0.3, -0.25) is 4.79 Å². The van der Waals surface area contributed by atoms with E-state index in [2.05, 4.69) is 20.8 Å². The van der Waals surface area contributed by atoms with E-state index in [9.17, 15) is 13.6 Å².